The number of nitrogens with zero attached hydrogens (tertiary/aromatic N) is 5. The van der Waals surface area contributed by atoms with E-state index in [1.54, 1.807) is 23.2 Å². The van der Waals surface area contributed by atoms with Crippen molar-refractivity contribution < 1.29 is 14.5 Å². The Kier molecular flexibility index (Phi) is 5.29. The highest BCUT2D eigenvalue weighted by Crippen LogP contribution is 2.55. The third-order valence-corrected chi connectivity index (χ3v) is 6.88. The zero-order valence-electron chi connectivity index (χ0n) is 18.3. The van der Waals surface area contributed by atoms with E-state index in [1.807, 2.05) is 61.5 Å². The van der Waals surface area contributed by atoms with Crippen LogP contribution in [0.1, 0.15) is 18.1 Å². The molecule has 0 saturated carbocycles. The number of carbonyl (C=O) groups excluding carboxylic acids is 1. The number of esters is 1. The average molecular weight is 474 g/mol. The zero-order chi connectivity index (χ0) is 23.9. The summed E-state index contributed by atoms with van der Waals surface area (Å²) < 4.78 is 4.97. The SMILES string of the molecule is COC(=O)C1=NN(c2ccccc2[N+](=O)[O-])[C@@]2(S1)c1ccccc1C(C)=NN2c1ccccc1. The van der Waals surface area contributed by atoms with Crippen molar-refractivity contribution in [3.63, 3.8) is 0 Å². The number of hydrogen-bond donors (Lipinski definition) is 0. The highest BCUT2D eigenvalue weighted by atomic mass is 32.2. The van der Waals surface area contributed by atoms with Gasteiger partial charge >= 0.3 is 5.97 Å². The normalized spacial score (nSPS) is 18.9. The summed E-state index contributed by atoms with van der Waals surface area (Å²) in [6, 6.07) is 23.4. The van der Waals surface area contributed by atoms with Gasteiger partial charge in [0.25, 0.3) is 5.69 Å². The first-order valence-electron chi connectivity index (χ1n) is 10.4. The Morgan fingerprint density at radius 2 is 1.65 bits per heavy atom. The van der Waals surface area contributed by atoms with Gasteiger partial charge in [-0.05, 0) is 36.9 Å². The van der Waals surface area contributed by atoms with Gasteiger partial charge in [-0.3, -0.25) is 10.1 Å². The molecule has 2 heterocycles. The minimum Gasteiger partial charge on any atom is -0.464 e. The van der Waals surface area contributed by atoms with Crippen molar-refractivity contribution in [2.24, 2.45) is 10.2 Å². The van der Waals surface area contributed by atoms with Crippen LogP contribution in [0, 0.1) is 10.1 Å². The van der Waals surface area contributed by atoms with Gasteiger partial charge in [0.1, 0.15) is 5.69 Å². The molecule has 0 radical (unpaired) electrons. The summed E-state index contributed by atoms with van der Waals surface area (Å²) in [4.78, 5) is 22.9. The molecule has 0 amide bonds. The number of hydrogen-bond acceptors (Lipinski definition) is 9. The van der Waals surface area contributed by atoms with Crippen LogP contribution in [0.5, 0.6) is 0 Å². The van der Waals surface area contributed by atoms with Crippen molar-refractivity contribution >= 4 is 45.5 Å². The lowest BCUT2D eigenvalue weighted by molar-refractivity contribution is -0.384. The van der Waals surface area contributed by atoms with Crippen molar-refractivity contribution in [3.8, 4) is 0 Å². The number of ether oxygens (including phenoxy) is 1. The predicted octanol–water partition coefficient (Wildman–Crippen LogP) is 4.69. The average Bonchev–Trinajstić information content (AvgIpc) is 3.27. The summed E-state index contributed by atoms with van der Waals surface area (Å²) in [6.45, 7) is 1.90. The molecule has 3 aromatic rings. The second kappa shape index (κ2) is 8.31. The Labute approximate surface area is 199 Å². The molecule has 0 bridgehead atoms. The third-order valence-electron chi connectivity index (χ3n) is 5.59. The monoisotopic (exact) mass is 473 g/mol. The minimum absolute atomic E-state index is 0.0612. The topological polar surface area (TPSA) is 101 Å². The summed E-state index contributed by atoms with van der Waals surface area (Å²) in [5, 5.41) is 24.7. The molecule has 0 aliphatic carbocycles. The fraction of sp³-hybridized carbons (Fsp3) is 0.125. The van der Waals surface area contributed by atoms with E-state index in [0.717, 1.165) is 34.3 Å². The van der Waals surface area contributed by atoms with Gasteiger partial charge in [0.15, 0.2) is 0 Å². The van der Waals surface area contributed by atoms with Crippen LogP contribution in [-0.2, 0) is 14.5 Å². The van der Waals surface area contributed by atoms with Crippen molar-refractivity contribution in [3.05, 3.63) is 100 Å². The van der Waals surface area contributed by atoms with E-state index in [0.29, 0.717) is 0 Å². The number of para-hydroxylation sites is 3. The molecule has 10 heteroatoms. The summed E-state index contributed by atoms with van der Waals surface area (Å²) in [6.07, 6.45) is 0. The van der Waals surface area contributed by atoms with Crippen molar-refractivity contribution in [2.45, 2.75) is 11.9 Å². The van der Waals surface area contributed by atoms with E-state index in [9.17, 15) is 14.9 Å². The van der Waals surface area contributed by atoms with Crippen LogP contribution < -0.4 is 10.0 Å². The minimum atomic E-state index is -1.26. The van der Waals surface area contributed by atoms with Gasteiger partial charge in [0.2, 0.25) is 10.0 Å². The number of nitro benzene ring substituents is 1. The predicted molar refractivity (Wildman–Crippen MR) is 132 cm³/mol. The van der Waals surface area contributed by atoms with Crippen molar-refractivity contribution in [2.75, 3.05) is 17.1 Å². The smallest absolute Gasteiger partial charge is 0.365 e. The number of fused-ring (bicyclic) bond motifs is 2. The zero-order valence-corrected chi connectivity index (χ0v) is 19.1. The molecule has 1 atom stereocenters. The summed E-state index contributed by atoms with van der Waals surface area (Å²) in [5.41, 5.74) is 3.22. The van der Waals surface area contributed by atoms with Gasteiger partial charge in [-0.25, -0.2) is 14.8 Å². The molecular weight excluding hydrogens is 454 g/mol. The van der Waals surface area contributed by atoms with Crippen molar-refractivity contribution in [1.29, 1.82) is 0 Å². The van der Waals surface area contributed by atoms with E-state index in [4.69, 9.17) is 9.84 Å². The third kappa shape index (κ3) is 3.22. The molecule has 1 spiro atoms. The number of methoxy groups -OCH3 is 1. The first-order chi connectivity index (χ1) is 16.5. The number of carbonyl (C=O) groups is 1. The maximum absolute atomic E-state index is 12.7. The molecule has 9 nitrogen and oxygen atoms in total. The molecular formula is C24H19N5O4S. The lowest BCUT2D eigenvalue weighted by Crippen LogP contribution is -2.53. The first kappa shape index (κ1) is 21.7. The van der Waals surface area contributed by atoms with E-state index >= 15 is 0 Å². The molecule has 5 rings (SSSR count). The molecule has 34 heavy (non-hydrogen) atoms. The summed E-state index contributed by atoms with van der Waals surface area (Å²) in [5.74, 6) is -0.637. The van der Waals surface area contributed by atoms with Crippen LogP contribution in [0.3, 0.4) is 0 Å². The van der Waals surface area contributed by atoms with E-state index in [1.165, 1.54) is 18.2 Å². The molecule has 170 valence electrons. The Hall–Kier alpha value is -4.18. The Bertz CT molecular complexity index is 1360. The van der Waals surface area contributed by atoms with Crippen LogP contribution >= 0.6 is 11.8 Å². The Balaban J connectivity index is 1.84. The second-order valence-electron chi connectivity index (χ2n) is 7.54. The van der Waals surface area contributed by atoms with Crippen LogP contribution in [0.15, 0.2) is 89.1 Å². The van der Waals surface area contributed by atoms with Crippen LogP contribution in [-0.4, -0.2) is 28.8 Å². The van der Waals surface area contributed by atoms with Gasteiger partial charge in [-0.2, -0.15) is 10.2 Å². The van der Waals surface area contributed by atoms with E-state index < -0.39 is 15.9 Å². The number of hydrazone groups is 2. The molecule has 2 aliphatic rings. The molecule has 0 saturated heterocycles. The van der Waals surface area contributed by atoms with E-state index in [-0.39, 0.29) is 16.4 Å². The van der Waals surface area contributed by atoms with Gasteiger partial charge < -0.3 is 4.74 Å². The number of anilines is 2. The molecule has 0 fully saturated rings. The maximum Gasteiger partial charge on any atom is 0.365 e. The first-order valence-corrected chi connectivity index (χ1v) is 11.2. The van der Waals surface area contributed by atoms with E-state index in [2.05, 4.69) is 5.10 Å². The van der Waals surface area contributed by atoms with Gasteiger partial charge in [0.05, 0.1) is 23.4 Å². The quantitative estimate of drug-likeness (QED) is 0.308. The Morgan fingerprint density at radius 1 is 0.971 bits per heavy atom. The fourth-order valence-corrected chi connectivity index (χ4v) is 5.42. The molecule has 3 aromatic carbocycles. The summed E-state index contributed by atoms with van der Waals surface area (Å²) in [7, 11) is 1.28. The van der Waals surface area contributed by atoms with Gasteiger partial charge in [0, 0.05) is 17.2 Å². The number of nitro groups is 1. The van der Waals surface area contributed by atoms with Crippen LogP contribution in [0.4, 0.5) is 17.1 Å². The van der Waals surface area contributed by atoms with Crippen LogP contribution in [0.25, 0.3) is 0 Å². The highest BCUT2D eigenvalue weighted by Gasteiger charge is 2.57. The largest absolute Gasteiger partial charge is 0.464 e. The number of thioether (sulfide) groups is 1. The highest BCUT2D eigenvalue weighted by molar-refractivity contribution is 8.16. The number of benzene rings is 3. The summed E-state index contributed by atoms with van der Waals surface area (Å²) >= 11 is 1.14. The maximum atomic E-state index is 12.7. The van der Waals surface area contributed by atoms with Gasteiger partial charge in [-0.15, -0.1) is 0 Å². The molecule has 0 unspecified atom stereocenters. The lowest BCUT2D eigenvalue weighted by Gasteiger charge is -2.46. The fourth-order valence-electron chi connectivity index (χ4n) is 4.11. The molecule has 0 aromatic heterocycles. The lowest BCUT2D eigenvalue weighted by atomic mass is 9.98. The number of rotatable bonds is 4. The Morgan fingerprint density at radius 3 is 2.38 bits per heavy atom. The van der Waals surface area contributed by atoms with Crippen LogP contribution in [0.2, 0.25) is 0 Å². The second-order valence-corrected chi connectivity index (χ2v) is 8.70. The van der Waals surface area contributed by atoms with Gasteiger partial charge in [-0.1, -0.05) is 54.6 Å². The van der Waals surface area contributed by atoms with Crippen molar-refractivity contribution in [1.82, 2.24) is 0 Å². The molecule has 0 N–H and O–H groups in total. The standard InChI is InChI=1S/C24H19N5O4S/c1-16-18-12-6-7-13-19(18)24(27(25-16)17-10-4-3-5-11-17)28(26-22(34-24)23(30)33-2)20-14-8-9-15-21(20)29(31)32/h3-15H,1-2H3/t24-/m1/s1. The molecule has 2 aliphatic heterocycles.